The van der Waals surface area contributed by atoms with E-state index in [1.807, 2.05) is 0 Å². The highest BCUT2D eigenvalue weighted by atomic mass is 19.1. The van der Waals surface area contributed by atoms with Crippen molar-refractivity contribution in [2.24, 2.45) is 126 Å². The Morgan fingerprint density at radius 3 is 0.515 bits per heavy atom. The first kappa shape index (κ1) is 67.3. The topological polar surface area (TPSA) is 34.1 Å². The van der Waals surface area contributed by atoms with E-state index in [9.17, 15) is 14.0 Å². The summed E-state index contributed by atoms with van der Waals surface area (Å²) in [7, 11) is 0. The molecule has 68 heavy (non-hydrogen) atoms. The molecule has 3 heteroatoms. The van der Waals surface area contributed by atoms with Crippen LogP contribution in [-0.4, -0.2) is 17.7 Å². The molecule has 14 unspecified atom stereocenters. The number of rotatable bonds is 2. The minimum atomic E-state index is -0.491. The van der Waals surface area contributed by atoms with Crippen LogP contribution in [0.25, 0.3) is 0 Å². The molecule has 0 aliphatic heterocycles. The second kappa shape index (κ2) is 24.5. The summed E-state index contributed by atoms with van der Waals surface area (Å²) < 4.78 is 12.3. The second-order valence-corrected chi connectivity index (χ2v) is 33.0. The lowest BCUT2D eigenvalue weighted by atomic mass is 9.88. The average molecular weight is 960 g/mol. The van der Waals surface area contributed by atoms with E-state index < -0.39 is 6.17 Å². The summed E-state index contributed by atoms with van der Waals surface area (Å²) in [5, 5.41) is 0. The van der Waals surface area contributed by atoms with E-state index in [4.69, 9.17) is 0 Å². The van der Waals surface area contributed by atoms with E-state index in [0.717, 1.165) is 72.5 Å². The monoisotopic (exact) mass is 959 g/mol. The predicted octanol–water partition coefficient (Wildman–Crippen LogP) is 20.7. The summed E-state index contributed by atoms with van der Waals surface area (Å²) in [6, 6.07) is 0. The SMILES string of the molecule is C.CC(=O)C1CC1C(C)(C)C.CC(=O)C1CC1C(C)(C)C.CC(C)(C)C1CC1.CC(C)(C)C1CC1F.CC1CC1C(C)(C)C.CC1CC1C(C)(C)C.CC1CC1C(C)(C)C.CC1CC1C(C)(C)C. The highest BCUT2D eigenvalue weighted by molar-refractivity contribution is 5.81. The smallest absolute Gasteiger partial charge is 0.133 e. The van der Waals surface area contributed by atoms with Crippen molar-refractivity contribution in [2.75, 3.05) is 0 Å². The van der Waals surface area contributed by atoms with E-state index in [0.29, 0.717) is 79.1 Å². The van der Waals surface area contributed by atoms with Crippen molar-refractivity contribution in [1.29, 1.82) is 0 Å². The summed E-state index contributed by atoms with van der Waals surface area (Å²) >= 11 is 0. The van der Waals surface area contributed by atoms with Crippen LogP contribution in [0.4, 0.5) is 4.39 Å². The van der Waals surface area contributed by atoms with Gasteiger partial charge in [0.05, 0.1) is 0 Å². The summed E-state index contributed by atoms with van der Waals surface area (Å²) in [4.78, 5) is 21.7. The van der Waals surface area contributed by atoms with Gasteiger partial charge in [-0.25, -0.2) is 4.39 Å². The van der Waals surface area contributed by atoms with Gasteiger partial charge in [-0.3, -0.25) is 9.59 Å². The summed E-state index contributed by atoms with van der Waals surface area (Å²) in [6.07, 6.45) is 11.4. The van der Waals surface area contributed by atoms with E-state index in [1.54, 1.807) is 13.8 Å². The first-order valence-corrected chi connectivity index (χ1v) is 28.2. The van der Waals surface area contributed by atoms with Gasteiger partial charge in [0, 0.05) is 11.8 Å². The van der Waals surface area contributed by atoms with Crippen LogP contribution in [0.15, 0.2) is 0 Å². The number of halogens is 1. The fourth-order valence-electron chi connectivity index (χ4n) is 11.3. The lowest BCUT2D eigenvalue weighted by Gasteiger charge is -2.17. The van der Waals surface area contributed by atoms with Crippen LogP contribution in [0.5, 0.6) is 0 Å². The lowest BCUT2D eigenvalue weighted by Crippen LogP contribution is -2.11. The van der Waals surface area contributed by atoms with Gasteiger partial charge in [-0.2, -0.15) is 0 Å². The quantitative estimate of drug-likeness (QED) is 0.276. The van der Waals surface area contributed by atoms with Crippen LogP contribution >= 0.6 is 0 Å². The predicted molar refractivity (Wildman–Crippen MR) is 302 cm³/mol. The molecule has 0 aromatic rings. The molecule has 0 radical (unpaired) electrons. The Morgan fingerprint density at radius 2 is 0.500 bits per heavy atom. The van der Waals surface area contributed by atoms with Crippen LogP contribution in [0.3, 0.4) is 0 Å². The number of Topliss-reactive ketones (excluding diaryl/α,β-unsaturated/α-hetero) is 2. The van der Waals surface area contributed by atoms with Gasteiger partial charge in [0.1, 0.15) is 17.7 Å². The summed E-state index contributed by atoms with van der Waals surface area (Å²) in [5.41, 5.74) is 3.84. The molecule has 0 heterocycles. The van der Waals surface area contributed by atoms with Crippen molar-refractivity contribution in [3.05, 3.63) is 0 Å². The molecule has 0 aromatic carbocycles. The van der Waals surface area contributed by atoms with Crippen molar-refractivity contribution in [3.8, 4) is 0 Å². The zero-order valence-corrected chi connectivity index (χ0v) is 51.2. The van der Waals surface area contributed by atoms with E-state index >= 15 is 0 Å². The van der Waals surface area contributed by atoms with Crippen LogP contribution < -0.4 is 0 Å². The zero-order valence-electron chi connectivity index (χ0n) is 51.2. The molecule has 0 amide bonds. The first-order valence-electron chi connectivity index (χ1n) is 28.2. The Labute approximate surface area is 429 Å². The average Bonchev–Trinajstić information content (AvgIpc) is 3.85. The van der Waals surface area contributed by atoms with E-state index in [-0.39, 0.29) is 12.8 Å². The standard InChI is InChI=1S/2C9H16O.4C8H16.C7H13F.C7H14.CH4/c2*1-6(10)7-5-8(7)9(2,3)4;4*1-6-5-7(6)8(2,3)4;1-7(2,3)5-4-6(5)8;1-7(2,3)6-4-5-6;/h2*7-8H,5H2,1-4H3;4*6-7H,5H2,1-4H3;5-6H,4H2,1-3H3;6H,4-5H2,1-3H3;1H4. The molecule has 0 bridgehead atoms. The number of ketones is 2. The molecule has 8 fully saturated rings. The molecule has 8 saturated carbocycles. The van der Waals surface area contributed by atoms with Crippen molar-refractivity contribution in [2.45, 2.75) is 279 Å². The van der Waals surface area contributed by atoms with Crippen LogP contribution in [0.2, 0.25) is 0 Å². The third-order valence-electron chi connectivity index (χ3n) is 17.4. The molecule has 8 aliphatic rings. The molecule has 14 atom stereocenters. The van der Waals surface area contributed by atoms with Crippen molar-refractivity contribution < 1.29 is 14.0 Å². The molecule has 0 N–H and O–H groups in total. The minimum Gasteiger partial charge on any atom is -0.300 e. The molecule has 0 aromatic heterocycles. The molecular weight excluding hydrogens is 832 g/mol. The van der Waals surface area contributed by atoms with Crippen LogP contribution in [0.1, 0.15) is 273 Å². The van der Waals surface area contributed by atoms with E-state index in [2.05, 4.69) is 194 Å². The Bertz CT molecular complexity index is 1300. The van der Waals surface area contributed by atoms with Gasteiger partial charge in [0.15, 0.2) is 0 Å². The number of carbonyl (C=O) groups excluding carboxylic acids is 2. The fraction of sp³-hybridized carbons (Fsp3) is 0.969. The number of hydrogen-bond donors (Lipinski definition) is 0. The maximum absolute atomic E-state index is 12.3. The van der Waals surface area contributed by atoms with Crippen molar-refractivity contribution in [1.82, 2.24) is 0 Å². The largest absolute Gasteiger partial charge is 0.300 e. The van der Waals surface area contributed by atoms with Crippen molar-refractivity contribution >= 4 is 11.6 Å². The maximum Gasteiger partial charge on any atom is 0.133 e. The highest BCUT2D eigenvalue weighted by Gasteiger charge is 2.49. The first-order chi connectivity index (χ1) is 29.5. The minimum absolute atomic E-state index is 0. The molecule has 0 spiro atoms. The van der Waals surface area contributed by atoms with Gasteiger partial charge in [-0.1, -0.05) is 201 Å². The third-order valence-corrected chi connectivity index (χ3v) is 17.4. The van der Waals surface area contributed by atoms with Gasteiger partial charge in [-0.05, 0) is 186 Å². The summed E-state index contributed by atoms with van der Waals surface area (Å²) in [6.45, 7) is 67.3. The lowest BCUT2D eigenvalue weighted by molar-refractivity contribution is -0.119. The molecule has 0 saturated heterocycles. The Hall–Kier alpha value is -0.730. The van der Waals surface area contributed by atoms with Crippen LogP contribution in [0, 0.1) is 126 Å². The molecule has 8 rings (SSSR count). The Kier molecular flexibility index (Phi) is 24.3. The van der Waals surface area contributed by atoms with Gasteiger partial charge in [0.2, 0.25) is 0 Å². The molecule has 2 nitrogen and oxygen atoms in total. The zero-order chi connectivity index (χ0) is 53.2. The van der Waals surface area contributed by atoms with Gasteiger partial charge >= 0.3 is 0 Å². The molecule has 8 aliphatic carbocycles. The Morgan fingerprint density at radius 1 is 0.324 bits per heavy atom. The third kappa shape index (κ3) is 26.8. The maximum atomic E-state index is 12.3. The number of hydrogen-bond acceptors (Lipinski definition) is 2. The summed E-state index contributed by atoms with van der Waals surface area (Å²) in [5.74, 6) is 12.3. The fourth-order valence-corrected chi connectivity index (χ4v) is 11.3. The Balaban J connectivity index is 0.000000755. The van der Waals surface area contributed by atoms with Gasteiger partial charge in [-0.15, -0.1) is 0 Å². The van der Waals surface area contributed by atoms with Crippen LogP contribution in [-0.2, 0) is 9.59 Å². The molecule has 406 valence electrons. The molecular formula is C65H127FO2. The highest BCUT2D eigenvalue weighted by Crippen LogP contribution is 2.54. The number of alkyl halides is 1. The van der Waals surface area contributed by atoms with Gasteiger partial charge < -0.3 is 0 Å². The van der Waals surface area contributed by atoms with Gasteiger partial charge in [0.25, 0.3) is 0 Å². The number of carbonyl (C=O) groups is 2. The second-order valence-electron chi connectivity index (χ2n) is 33.0. The normalized spacial score (nSPS) is 33.8. The van der Waals surface area contributed by atoms with Crippen molar-refractivity contribution in [3.63, 3.8) is 0 Å². The van der Waals surface area contributed by atoms with E-state index in [1.165, 1.54) is 38.5 Å².